The van der Waals surface area contributed by atoms with Crippen LogP contribution in [0.4, 0.5) is 20.2 Å². The average Bonchev–Trinajstić information content (AvgIpc) is 3.48. The van der Waals surface area contributed by atoms with Gasteiger partial charge in [0.2, 0.25) is 11.8 Å². The Labute approximate surface area is 251 Å². The number of rotatable bonds is 8. The summed E-state index contributed by atoms with van der Waals surface area (Å²) in [6.07, 6.45) is 0. The van der Waals surface area contributed by atoms with Gasteiger partial charge in [-0.2, -0.15) is 0 Å². The van der Waals surface area contributed by atoms with Crippen LogP contribution in [0.3, 0.4) is 0 Å². The van der Waals surface area contributed by atoms with Crippen LogP contribution < -0.4 is 24.6 Å². The molecule has 220 valence electrons. The maximum Gasteiger partial charge on any atom is 0.305 e. The van der Waals surface area contributed by atoms with Gasteiger partial charge in [0, 0.05) is 16.5 Å². The number of aromatic amines is 1. The minimum absolute atomic E-state index is 0.264. The molecule has 0 aliphatic carbocycles. The number of thiazole rings is 1. The lowest BCUT2D eigenvalue weighted by Crippen LogP contribution is -2.32. The molecular formula is C30H23F2N3O6S2. The van der Waals surface area contributed by atoms with Crippen LogP contribution >= 0.6 is 23.1 Å². The topological polar surface area (TPSA) is 118 Å². The lowest BCUT2D eigenvalue weighted by atomic mass is 9.83. The van der Waals surface area contributed by atoms with Crippen LogP contribution in [0.15, 0.2) is 76.6 Å². The van der Waals surface area contributed by atoms with Gasteiger partial charge in [-0.3, -0.25) is 19.2 Å². The molecule has 9 nitrogen and oxygen atoms in total. The Morgan fingerprint density at radius 3 is 2.33 bits per heavy atom. The van der Waals surface area contributed by atoms with Gasteiger partial charge in [0.1, 0.15) is 16.9 Å². The predicted octanol–water partition coefficient (Wildman–Crippen LogP) is 4.93. The molecule has 2 aliphatic rings. The fourth-order valence-electron chi connectivity index (χ4n) is 5.20. The molecule has 4 aromatic rings. The highest BCUT2D eigenvalue weighted by Crippen LogP contribution is 2.53. The Balaban J connectivity index is 1.31. The standard InChI is InChI=1S/C30H23F2N3O6S2/c1-2-40-21-13-15(3-12-20(21)41-14-22(36)33-18-8-4-16(31)5-9-18)23-24-26(42-27-25(23)43-30(39)34-27)29(38)35(28(24)37)19-10-6-17(32)7-11-19/h3-13,23-24,26H,2,14H2,1H3,(H,33,36)(H,34,39)/t23-,24-,26+/m0/s1. The van der Waals surface area contributed by atoms with Crippen molar-refractivity contribution < 1.29 is 32.6 Å². The first-order valence-corrected chi connectivity index (χ1v) is 14.9. The first kappa shape index (κ1) is 28.6. The van der Waals surface area contributed by atoms with Crippen LogP contribution in [0.1, 0.15) is 23.3 Å². The van der Waals surface area contributed by atoms with Crippen molar-refractivity contribution in [3.05, 3.63) is 98.5 Å². The van der Waals surface area contributed by atoms with Crippen molar-refractivity contribution in [3.63, 3.8) is 0 Å². The van der Waals surface area contributed by atoms with Crippen molar-refractivity contribution in [2.75, 3.05) is 23.4 Å². The fraction of sp³-hybridized carbons (Fsp3) is 0.200. The van der Waals surface area contributed by atoms with Crippen LogP contribution in [0.2, 0.25) is 0 Å². The van der Waals surface area contributed by atoms with Crippen molar-refractivity contribution in [1.29, 1.82) is 0 Å². The number of halogens is 2. The lowest BCUT2D eigenvalue weighted by Gasteiger charge is -2.30. The van der Waals surface area contributed by atoms with Crippen LogP contribution in [-0.4, -0.2) is 41.2 Å². The molecule has 2 aliphatic heterocycles. The minimum atomic E-state index is -0.843. The summed E-state index contributed by atoms with van der Waals surface area (Å²) in [5, 5.41) is 2.32. The molecule has 3 heterocycles. The van der Waals surface area contributed by atoms with Gasteiger partial charge in [-0.25, -0.2) is 13.7 Å². The molecule has 6 rings (SSSR count). The highest BCUT2D eigenvalue weighted by molar-refractivity contribution is 8.00. The Kier molecular flexibility index (Phi) is 7.75. The lowest BCUT2D eigenvalue weighted by molar-refractivity contribution is -0.122. The molecule has 43 heavy (non-hydrogen) atoms. The van der Waals surface area contributed by atoms with E-state index in [9.17, 15) is 28.0 Å². The number of thioether (sulfide) groups is 1. The SMILES string of the molecule is CCOc1cc([C@@H]2c3sc(=O)[nH]c3S[C@H]3C(=O)N(c4ccc(F)cc4)C(=O)[C@@H]23)ccc1OCC(=O)Nc1ccc(F)cc1. The second kappa shape index (κ2) is 11.7. The van der Waals surface area contributed by atoms with E-state index in [1.54, 1.807) is 25.1 Å². The third-order valence-electron chi connectivity index (χ3n) is 7.02. The number of nitrogens with zero attached hydrogens (tertiary/aromatic N) is 1. The number of nitrogens with one attached hydrogen (secondary N) is 2. The molecule has 0 unspecified atom stereocenters. The Hall–Kier alpha value is -4.49. The molecule has 13 heteroatoms. The first-order valence-electron chi connectivity index (χ1n) is 13.2. The third-order valence-corrected chi connectivity index (χ3v) is 9.42. The number of aromatic nitrogens is 1. The third kappa shape index (κ3) is 5.53. The number of carbonyl (C=O) groups is 3. The maximum atomic E-state index is 13.9. The number of ether oxygens (including phenoxy) is 2. The van der Waals surface area contributed by atoms with Crippen LogP contribution in [-0.2, 0) is 14.4 Å². The van der Waals surface area contributed by atoms with E-state index >= 15 is 0 Å². The predicted molar refractivity (Wildman–Crippen MR) is 157 cm³/mol. The number of hydrogen-bond donors (Lipinski definition) is 2. The van der Waals surface area contributed by atoms with E-state index in [4.69, 9.17) is 9.47 Å². The summed E-state index contributed by atoms with van der Waals surface area (Å²) in [5.41, 5.74) is 1.28. The zero-order valence-electron chi connectivity index (χ0n) is 22.5. The maximum absolute atomic E-state index is 13.9. The van der Waals surface area contributed by atoms with E-state index < -0.39 is 46.4 Å². The minimum Gasteiger partial charge on any atom is -0.490 e. The summed E-state index contributed by atoms with van der Waals surface area (Å²) in [7, 11) is 0. The van der Waals surface area contributed by atoms with Gasteiger partial charge in [-0.15, -0.1) is 0 Å². The summed E-state index contributed by atoms with van der Waals surface area (Å²) in [5.74, 6) is -3.23. The Morgan fingerprint density at radius 1 is 0.930 bits per heavy atom. The van der Waals surface area contributed by atoms with Gasteiger partial charge in [0.05, 0.1) is 23.2 Å². The van der Waals surface area contributed by atoms with Crippen molar-refractivity contribution >= 4 is 52.2 Å². The molecule has 3 atom stereocenters. The number of hydrogen-bond acceptors (Lipinski definition) is 8. The second-order valence-electron chi connectivity index (χ2n) is 9.72. The number of carbonyl (C=O) groups excluding carboxylic acids is 3. The molecule has 3 amide bonds. The van der Waals surface area contributed by atoms with E-state index in [1.807, 2.05) is 0 Å². The molecular weight excluding hydrogens is 600 g/mol. The molecule has 1 saturated heterocycles. The highest BCUT2D eigenvalue weighted by atomic mass is 32.2. The molecule has 2 N–H and O–H groups in total. The molecule has 1 fully saturated rings. The largest absolute Gasteiger partial charge is 0.490 e. The first-order chi connectivity index (χ1) is 20.7. The number of fused-ring (bicyclic) bond motifs is 2. The van der Waals surface area contributed by atoms with Gasteiger partial charge in [0.25, 0.3) is 5.91 Å². The monoisotopic (exact) mass is 623 g/mol. The number of imide groups is 1. The summed E-state index contributed by atoms with van der Waals surface area (Å²) in [4.78, 5) is 56.4. The molecule has 0 saturated carbocycles. The molecule has 1 aromatic heterocycles. The summed E-state index contributed by atoms with van der Waals surface area (Å²) in [6.45, 7) is 1.69. The summed E-state index contributed by atoms with van der Waals surface area (Å²) in [6, 6.07) is 15.4. The molecule has 0 spiro atoms. The zero-order valence-corrected chi connectivity index (χ0v) is 24.1. The highest BCUT2D eigenvalue weighted by Gasteiger charge is 2.56. The van der Waals surface area contributed by atoms with Gasteiger partial charge >= 0.3 is 4.87 Å². The second-order valence-corrected chi connectivity index (χ2v) is 11.9. The molecule has 0 bridgehead atoms. The van der Waals surface area contributed by atoms with E-state index in [2.05, 4.69) is 10.3 Å². The summed E-state index contributed by atoms with van der Waals surface area (Å²) >= 11 is 2.11. The number of anilines is 2. The smallest absolute Gasteiger partial charge is 0.305 e. The van der Waals surface area contributed by atoms with Gasteiger partial charge in [0.15, 0.2) is 18.1 Å². The zero-order chi connectivity index (χ0) is 30.2. The molecule has 0 radical (unpaired) electrons. The van der Waals surface area contributed by atoms with Gasteiger partial charge in [-0.05, 0) is 73.2 Å². The van der Waals surface area contributed by atoms with E-state index in [0.717, 1.165) is 28.0 Å². The van der Waals surface area contributed by atoms with E-state index in [1.165, 1.54) is 48.5 Å². The summed E-state index contributed by atoms with van der Waals surface area (Å²) < 4.78 is 38.3. The molecule has 3 aromatic carbocycles. The Morgan fingerprint density at radius 2 is 1.63 bits per heavy atom. The quantitative estimate of drug-likeness (QED) is 0.268. The van der Waals surface area contributed by atoms with E-state index in [0.29, 0.717) is 26.9 Å². The van der Waals surface area contributed by atoms with Crippen molar-refractivity contribution in [2.24, 2.45) is 5.92 Å². The number of benzene rings is 3. The van der Waals surface area contributed by atoms with Gasteiger partial charge < -0.3 is 19.8 Å². The van der Waals surface area contributed by atoms with Crippen molar-refractivity contribution in [3.8, 4) is 11.5 Å². The van der Waals surface area contributed by atoms with Crippen LogP contribution in [0, 0.1) is 17.6 Å². The number of amides is 3. The number of H-pyrrole nitrogens is 1. The van der Waals surface area contributed by atoms with Gasteiger partial charge in [-0.1, -0.05) is 29.2 Å². The van der Waals surface area contributed by atoms with E-state index in [-0.39, 0.29) is 29.5 Å². The Bertz CT molecular complexity index is 1770. The van der Waals surface area contributed by atoms with Crippen molar-refractivity contribution in [2.45, 2.75) is 23.1 Å². The fourth-order valence-corrected chi connectivity index (χ4v) is 7.72. The average molecular weight is 624 g/mol. The normalized spacial score (nSPS) is 19.1. The van der Waals surface area contributed by atoms with Crippen LogP contribution in [0.5, 0.6) is 11.5 Å². The van der Waals surface area contributed by atoms with Crippen LogP contribution in [0.25, 0.3) is 0 Å². The van der Waals surface area contributed by atoms with Crippen molar-refractivity contribution in [1.82, 2.24) is 4.98 Å².